The molecule has 1 atom stereocenters. The number of hydrogen-bond donors (Lipinski definition) is 2. The standard InChI is InChI=1S/C17H22N4O2/c1-12-17-15(20-19-12)7-4-8-16(17)23-11-14(22)6-3-5-13-9-18-21(2)10-13/h4,7-10,14,22H,3,5-6,11H2,1-2H3,(H,19,20)/t14-/m0/s1. The predicted molar refractivity (Wildman–Crippen MR) is 88.5 cm³/mol. The largest absolute Gasteiger partial charge is 0.490 e. The molecule has 0 aliphatic rings. The van der Waals surface area contributed by atoms with Crippen molar-refractivity contribution < 1.29 is 9.84 Å². The van der Waals surface area contributed by atoms with Gasteiger partial charge in [0.15, 0.2) is 0 Å². The first-order valence-corrected chi connectivity index (χ1v) is 7.85. The maximum atomic E-state index is 10.1. The molecule has 122 valence electrons. The predicted octanol–water partition coefficient (Wildman–Crippen LogP) is 2.37. The summed E-state index contributed by atoms with van der Waals surface area (Å²) in [6, 6.07) is 5.76. The van der Waals surface area contributed by atoms with Crippen LogP contribution in [0.1, 0.15) is 24.1 Å². The molecule has 6 heteroatoms. The van der Waals surface area contributed by atoms with Crippen molar-refractivity contribution in [3.8, 4) is 5.75 Å². The molecule has 0 spiro atoms. The Morgan fingerprint density at radius 2 is 2.26 bits per heavy atom. The highest BCUT2D eigenvalue weighted by molar-refractivity contribution is 5.87. The summed E-state index contributed by atoms with van der Waals surface area (Å²) in [5.41, 5.74) is 3.05. The first-order valence-electron chi connectivity index (χ1n) is 7.85. The molecule has 0 radical (unpaired) electrons. The number of ether oxygens (including phenoxy) is 1. The van der Waals surface area contributed by atoms with Gasteiger partial charge in [-0.3, -0.25) is 9.78 Å². The Hall–Kier alpha value is -2.34. The number of fused-ring (bicyclic) bond motifs is 1. The molecule has 0 fully saturated rings. The van der Waals surface area contributed by atoms with E-state index >= 15 is 0 Å². The van der Waals surface area contributed by atoms with Gasteiger partial charge in [0.1, 0.15) is 12.4 Å². The number of aromatic amines is 1. The minimum Gasteiger partial charge on any atom is -0.490 e. The van der Waals surface area contributed by atoms with Gasteiger partial charge >= 0.3 is 0 Å². The zero-order chi connectivity index (χ0) is 16.2. The molecule has 0 aliphatic carbocycles. The summed E-state index contributed by atoms with van der Waals surface area (Å²) in [5, 5.41) is 22.4. The summed E-state index contributed by atoms with van der Waals surface area (Å²) >= 11 is 0. The van der Waals surface area contributed by atoms with Gasteiger partial charge in [-0.1, -0.05) is 6.07 Å². The second-order valence-corrected chi connectivity index (χ2v) is 5.88. The van der Waals surface area contributed by atoms with Crippen molar-refractivity contribution in [2.75, 3.05) is 6.61 Å². The Balaban J connectivity index is 1.50. The number of hydrogen-bond acceptors (Lipinski definition) is 4. The molecule has 0 amide bonds. The number of rotatable bonds is 7. The molecule has 0 unspecified atom stereocenters. The van der Waals surface area contributed by atoms with E-state index in [0.29, 0.717) is 6.42 Å². The first kappa shape index (κ1) is 15.6. The fourth-order valence-corrected chi connectivity index (χ4v) is 2.72. The van der Waals surface area contributed by atoms with E-state index in [1.807, 2.05) is 44.6 Å². The van der Waals surface area contributed by atoms with Crippen LogP contribution in [-0.2, 0) is 13.5 Å². The number of benzene rings is 1. The van der Waals surface area contributed by atoms with Gasteiger partial charge in [-0.05, 0) is 43.9 Å². The third-order valence-electron chi connectivity index (χ3n) is 3.92. The summed E-state index contributed by atoms with van der Waals surface area (Å²) in [7, 11) is 1.91. The lowest BCUT2D eigenvalue weighted by Crippen LogP contribution is -2.17. The van der Waals surface area contributed by atoms with Crippen molar-refractivity contribution in [3.05, 3.63) is 41.9 Å². The van der Waals surface area contributed by atoms with E-state index in [-0.39, 0.29) is 6.61 Å². The Morgan fingerprint density at radius 3 is 3.04 bits per heavy atom. The maximum absolute atomic E-state index is 10.1. The fraction of sp³-hybridized carbons (Fsp3) is 0.412. The SMILES string of the molecule is Cc1[nH]nc2cccc(OC[C@@H](O)CCCc3cnn(C)c3)c12. The van der Waals surface area contributed by atoms with E-state index in [0.717, 1.165) is 35.2 Å². The van der Waals surface area contributed by atoms with Crippen molar-refractivity contribution in [2.45, 2.75) is 32.3 Å². The summed E-state index contributed by atoms with van der Waals surface area (Å²) < 4.78 is 7.60. The molecular weight excluding hydrogens is 292 g/mol. The maximum Gasteiger partial charge on any atom is 0.130 e. The summed E-state index contributed by atoms with van der Waals surface area (Å²) in [5.74, 6) is 0.764. The topological polar surface area (TPSA) is 76.0 Å². The van der Waals surface area contributed by atoms with Crippen LogP contribution in [0.2, 0.25) is 0 Å². The number of nitrogens with one attached hydrogen (secondary N) is 1. The van der Waals surface area contributed by atoms with Gasteiger partial charge in [0, 0.05) is 18.9 Å². The highest BCUT2D eigenvalue weighted by Gasteiger charge is 2.11. The molecule has 3 aromatic rings. The van der Waals surface area contributed by atoms with E-state index in [9.17, 15) is 5.11 Å². The molecule has 1 aromatic carbocycles. The average molecular weight is 314 g/mol. The van der Waals surface area contributed by atoms with Gasteiger partial charge < -0.3 is 9.84 Å². The molecule has 0 bridgehead atoms. The zero-order valence-electron chi connectivity index (χ0n) is 13.5. The number of aromatic nitrogens is 4. The summed E-state index contributed by atoms with van der Waals surface area (Å²) in [6.07, 6.45) is 5.92. The normalized spacial score (nSPS) is 12.7. The lowest BCUT2D eigenvalue weighted by molar-refractivity contribution is 0.0990. The highest BCUT2D eigenvalue weighted by atomic mass is 16.5. The van der Waals surface area contributed by atoms with Crippen LogP contribution in [0.5, 0.6) is 5.75 Å². The van der Waals surface area contributed by atoms with Crippen LogP contribution in [0.4, 0.5) is 0 Å². The molecule has 23 heavy (non-hydrogen) atoms. The van der Waals surface area contributed by atoms with Gasteiger partial charge in [0.25, 0.3) is 0 Å². The van der Waals surface area contributed by atoms with Crippen LogP contribution in [0.25, 0.3) is 10.9 Å². The van der Waals surface area contributed by atoms with Crippen LogP contribution in [0.3, 0.4) is 0 Å². The second kappa shape index (κ2) is 6.83. The highest BCUT2D eigenvalue weighted by Crippen LogP contribution is 2.26. The molecule has 2 aromatic heterocycles. The number of aliphatic hydroxyl groups excluding tert-OH is 1. The molecule has 0 saturated heterocycles. The lowest BCUT2D eigenvalue weighted by Gasteiger charge is -2.13. The van der Waals surface area contributed by atoms with Crippen LogP contribution in [-0.4, -0.2) is 37.8 Å². The van der Waals surface area contributed by atoms with Crippen LogP contribution in [0.15, 0.2) is 30.6 Å². The van der Waals surface area contributed by atoms with E-state index in [1.165, 1.54) is 5.56 Å². The zero-order valence-corrected chi connectivity index (χ0v) is 13.5. The quantitative estimate of drug-likeness (QED) is 0.702. The lowest BCUT2D eigenvalue weighted by atomic mass is 10.1. The second-order valence-electron chi connectivity index (χ2n) is 5.88. The van der Waals surface area contributed by atoms with Crippen LogP contribution in [0, 0.1) is 6.92 Å². The average Bonchev–Trinajstić information content (AvgIpc) is 3.12. The van der Waals surface area contributed by atoms with Crippen molar-refractivity contribution in [1.29, 1.82) is 0 Å². The van der Waals surface area contributed by atoms with Crippen molar-refractivity contribution >= 4 is 10.9 Å². The Morgan fingerprint density at radius 1 is 1.39 bits per heavy atom. The van der Waals surface area contributed by atoms with Crippen molar-refractivity contribution in [3.63, 3.8) is 0 Å². The number of H-pyrrole nitrogens is 1. The molecule has 2 N–H and O–H groups in total. The van der Waals surface area contributed by atoms with E-state index < -0.39 is 6.10 Å². The Bertz CT molecular complexity index is 778. The minimum absolute atomic E-state index is 0.288. The van der Waals surface area contributed by atoms with Crippen LogP contribution < -0.4 is 4.74 Å². The van der Waals surface area contributed by atoms with Gasteiger partial charge in [0.2, 0.25) is 0 Å². The summed E-state index contributed by atoms with van der Waals surface area (Å²) in [6.45, 7) is 2.25. The van der Waals surface area contributed by atoms with Crippen molar-refractivity contribution in [1.82, 2.24) is 20.0 Å². The van der Waals surface area contributed by atoms with Crippen molar-refractivity contribution in [2.24, 2.45) is 7.05 Å². The Kier molecular flexibility index (Phi) is 4.62. The summed E-state index contributed by atoms with van der Waals surface area (Å²) in [4.78, 5) is 0. The van der Waals surface area contributed by atoms with Gasteiger partial charge in [-0.25, -0.2) is 0 Å². The molecule has 0 aliphatic heterocycles. The molecule has 6 nitrogen and oxygen atoms in total. The third kappa shape index (κ3) is 3.71. The smallest absolute Gasteiger partial charge is 0.130 e. The number of nitrogens with zero attached hydrogens (tertiary/aromatic N) is 3. The molecule has 0 saturated carbocycles. The van der Waals surface area contributed by atoms with E-state index in [1.54, 1.807) is 4.68 Å². The molecule has 3 rings (SSSR count). The minimum atomic E-state index is -0.478. The van der Waals surface area contributed by atoms with Gasteiger partial charge in [0.05, 0.1) is 23.2 Å². The number of aryl methyl sites for hydroxylation is 3. The molecular formula is C17H22N4O2. The third-order valence-corrected chi connectivity index (χ3v) is 3.92. The number of aliphatic hydroxyl groups is 1. The van der Waals surface area contributed by atoms with Crippen LogP contribution >= 0.6 is 0 Å². The van der Waals surface area contributed by atoms with E-state index in [4.69, 9.17) is 4.74 Å². The molecule has 2 heterocycles. The monoisotopic (exact) mass is 314 g/mol. The van der Waals surface area contributed by atoms with Gasteiger partial charge in [-0.15, -0.1) is 0 Å². The van der Waals surface area contributed by atoms with Gasteiger partial charge in [-0.2, -0.15) is 10.2 Å². The van der Waals surface area contributed by atoms with E-state index in [2.05, 4.69) is 15.3 Å². The first-order chi connectivity index (χ1) is 11.1. The Labute approximate surface area is 135 Å². The fourth-order valence-electron chi connectivity index (χ4n) is 2.72.